The molecule has 0 radical (unpaired) electrons. The van der Waals surface area contributed by atoms with Gasteiger partial charge in [-0.05, 0) is 24.7 Å². The first-order chi connectivity index (χ1) is 5.20. The zero-order chi connectivity index (χ0) is 8.69. The highest BCUT2D eigenvalue weighted by Gasteiger charge is 1.94. The van der Waals surface area contributed by atoms with E-state index in [1.54, 1.807) is 6.92 Å². The predicted octanol–water partition coefficient (Wildman–Crippen LogP) is 2.16. The first kappa shape index (κ1) is 10.6. The van der Waals surface area contributed by atoms with Gasteiger partial charge in [-0.1, -0.05) is 6.92 Å². The van der Waals surface area contributed by atoms with Gasteiger partial charge in [0.05, 0.1) is 6.26 Å². The molecule has 0 aliphatic heterocycles. The third-order valence-electron chi connectivity index (χ3n) is 1.19. The molecular weight excluding hydrogens is 160 g/mol. The molecular formula is C8H14O2S. The molecule has 0 aromatic rings. The Labute approximate surface area is 73.0 Å². The number of thiol groups is 1. The van der Waals surface area contributed by atoms with Gasteiger partial charge in [-0.2, -0.15) is 12.6 Å². The Kier molecular flexibility index (Phi) is 6.03. The van der Waals surface area contributed by atoms with E-state index in [0.717, 1.165) is 17.7 Å². The molecule has 11 heavy (non-hydrogen) atoms. The summed E-state index contributed by atoms with van der Waals surface area (Å²) in [5.41, 5.74) is 1.04. The molecule has 0 saturated carbocycles. The molecule has 0 N–H and O–H groups in total. The highest BCUT2D eigenvalue weighted by atomic mass is 32.1. The molecule has 0 rings (SSSR count). The fourth-order valence-electron chi connectivity index (χ4n) is 0.485. The van der Waals surface area contributed by atoms with Crippen LogP contribution in [-0.4, -0.2) is 11.7 Å². The molecule has 0 unspecified atom stereocenters. The lowest BCUT2D eigenvalue weighted by Gasteiger charge is -1.98. The molecule has 0 aliphatic carbocycles. The van der Waals surface area contributed by atoms with Gasteiger partial charge in [0.15, 0.2) is 0 Å². The van der Waals surface area contributed by atoms with E-state index < -0.39 is 0 Å². The van der Waals surface area contributed by atoms with E-state index in [0.29, 0.717) is 6.42 Å². The normalized spacial score (nSPS) is 11.4. The Bertz CT molecular complexity index is 152. The molecule has 0 heterocycles. The van der Waals surface area contributed by atoms with Crippen molar-refractivity contribution < 1.29 is 9.53 Å². The van der Waals surface area contributed by atoms with E-state index in [-0.39, 0.29) is 5.97 Å². The Balaban J connectivity index is 3.63. The van der Waals surface area contributed by atoms with Gasteiger partial charge in [0.1, 0.15) is 0 Å². The van der Waals surface area contributed by atoms with Crippen molar-refractivity contribution in [1.82, 2.24) is 0 Å². The maximum Gasteiger partial charge on any atom is 0.310 e. The van der Waals surface area contributed by atoms with Crippen molar-refractivity contribution in [3.63, 3.8) is 0 Å². The minimum absolute atomic E-state index is 0.191. The van der Waals surface area contributed by atoms with Crippen molar-refractivity contribution in [2.24, 2.45) is 0 Å². The number of carbonyl (C=O) groups is 1. The Hall–Kier alpha value is -0.440. The minimum atomic E-state index is -0.191. The number of hydrogen-bond acceptors (Lipinski definition) is 3. The van der Waals surface area contributed by atoms with E-state index >= 15 is 0 Å². The molecule has 0 amide bonds. The SMILES string of the molecule is CCC(=O)O/C=C(\C)CCS. The molecule has 0 atom stereocenters. The van der Waals surface area contributed by atoms with Crippen LogP contribution < -0.4 is 0 Å². The van der Waals surface area contributed by atoms with Crippen LogP contribution in [0.1, 0.15) is 26.7 Å². The van der Waals surface area contributed by atoms with Crippen molar-refractivity contribution in [3.05, 3.63) is 11.8 Å². The maximum absolute atomic E-state index is 10.6. The largest absolute Gasteiger partial charge is 0.435 e. The summed E-state index contributed by atoms with van der Waals surface area (Å²) >= 11 is 4.05. The van der Waals surface area contributed by atoms with Gasteiger partial charge in [0.2, 0.25) is 0 Å². The van der Waals surface area contributed by atoms with Gasteiger partial charge >= 0.3 is 5.97 Å². The summed E-state index contributed by atoms with van der Waals surface area (Å²) in [5.74, 6) is 0.593. The van der Waals surface area contributed by atoms with Crippen LogP contribution in [0.2, 0.25) is 0 Å². The predicted molar refractivity (Wildman–Crippen MR) is 48.6 cm³/mol. The van der Waals surface area contributed by atoms with E-state index in [4.69, 9.17) is 4.74 Å². The van der Waals surface area contributed by atoms with Crippen LogP contribution in [-0.2, 0) is 9.53 Å². The zero-order valence-electron chi connectivity index (χ0n) is 6.96. The average molecular weight is 174 g/mol. The summed E-state index contributed by atoms with van der Waals surface area (Å²) in [6.07, 6.45) is 2.78. The van der Waals surface area contributed by atoms with Crippen molar-refractivity contribution in [2.45, 2.75) is 26.7 Å². The highest BCUT2D eigenvalue weighted by molar-refractivity contribution is 7.80. The van der Waals surface area contributed by atoms with Crippen LogP contribution in [0.3, 0.4) is 0 Å². The van der Waals surface area contributed by atoms with Gasteiger partial charge in [0, 0.05) is 6.42 Å². The third-order valence-corrected chi connectivity index (χ3v) is 1.41. The lowest BCUT2D eigenvalue weighted by atomic mass is 10.3. The molecule has 0 bridgehead atoms. The summed E-state index contributed by atoms with van der Waals surface area (Å²) in [5, 5.41) is 0. The lowest BCUT2D eigenvalue weighted by Crippen LogP contribution is -1.96. The molecule has 0 aromatic carbocycles. The highest BCUT2D eigenvalue weighted by Crippen LogP contribution is 2.01. The van der Waals surface area contributed by atoms with Crippen LogP contribution >= 0.6 is 12.6 Å². The van der Waals surface area contributed by atoms with Crippen molar-refractivity contribution in [3.8, 4) is 0 Å². The van der Waals surface area contributed by atoms with Gasteiger partial charge in [-0.3, -0.25) is 4.79 Å². The topological polar surface area (TPSA) is 26.3 Å². The Morgan fingerprint density at radius 3 is 2.73 bits per heavy atom. The Morgan fingerprint density at radius 2 is 2.27 bits per heavy atom. The van der Waals surface area contributed by atoms with E-state index in [1.165, 1.54) is 6.26 Å². The molecule has 0 spiro atoms. The maximum atomic E-state index is 10.6. The van der Waals surface area contributed by atoms with Crippen LogP contribution in [0.25, 0.3) is 0 Å². The number of carbonyl (C=O) groups excluding carboxylic acids is 1. The first-order valence-corrected chi connectivity index (χ1v) is 4.30. The van der Waals surface area contributed by atoms with Crippen LogP contribution in [0, 0.1) is 0 Å². The van der Waals surface area contributed by atoms with E-state index in [1.807, 2.05) is 6.92 Å². The summed E-state index contributed by atoms with van der Waals surface area (Å²) in [6, 6.07) is 0. The molecule has 3 heteroatoms. The van der Waals surface area contributed by atoms with Crippen molar-refractivity contribution in [1.29, 1.82) is 0 Å². The lowest BCUT2D eigenvalue weighted by molar-refractivity contribution is -0.137. The molecule has 0 fully saturated rings. The second-order valence-electron chi connectivity index (χ2n) is 2.28. The van der Waals surface area contributed by atoms with Crippen LogP contribution in [0.4, 0.5) is 0 Å². The van der Waals surface area contributed by atoms with E-state index in [2.05, 4.69) is 12.6 Å². The summed E-state index contributed by atoms with van der Waals surface area (Å²) in [4.78, 5) is 10.6. The van der Waals surface area contributed by atoms with Gasteiger partial charge in [-0.15, -0.1) is 0 Å². The smallest absolute Gasteiger partial charge is 0.310 e. The summed E-state index contributed by atoms with van der Waals surface area (Å²) in [7, 11) is 0. The molecule has 0 aromatic heterocycles. The number of allylic oxidation sites excluding steroid dienone is 1. The van der Waals surface area contributed by atoms with Crippen molar-refractivity contribution >= 4 is 18.6 Å². The quantitative estimate of drug-likeness (QED) is 0.401. The van der Waals surface area contributed by atoms with Gasteiger partial charge in [0.25, 0.3) is 0 Å². The number of esters is 1. The summed E-state index contributed by atoms with van der Waals surface area (Å²) < 4.78 is 4.77. The first-order valence-electron chi connectivity index (χ1n) is 3.66. The van der Waals surface area contributed by atoms with Gasteiger partial charge in [-0.25, -0.2) is 0 Å². The molecule has 64 valence electrons. The fourth-order valence-corrected chi connectivity index (χ4v) is 0.838. The standard InChI is InChI=1S/C8H14O2S/c1-3-8(9)10-6-7(2)4-5-11/h6,11H,3-5H2,1-2H3/b7-6+. The minimum Gasteiger partial charge on any atom is -0.435 e. The molecule has 2 nitrogen and oxygen atoms in total. The van der Waals surface area contributed by atoms with Crippen molar-refractivity contribution in [2.75, 3.05) is 5.75 Å². The monoisotopic (exact) mass is 174 g/mol. The van der Waals surface area contributed by atoms with Crippen LogP contribution in [0.15, 0.2) is 11.8 Å². The average Bonchev–Trinajstić information content (AvgIpc) is 2.01. The second kappa shape index (κ2) is 6.28. The molecule has 0 aliphatic rings. The third kappa shape index (κ3) is 5.98. The van der Waals surface area contributed by atoms with E-state index in [9.17, 15) is 4.79 Å². The van der Waals surface area contributed by atoms with Gasteiger partial charge < -0.3 is 4.74 Å². The Morgan fingerprint density at radius 1 is 1.64 bits per heavy atom. The number of ether oxygens (including phenoxy) is 1. The second-order valence-corrected chi connectivity index (χ2v) is 2.73. The molecule has 0 saturated heterocycles. The fraction of sp³-hybridized carbons (Fsp3) is 0.625. The summed E-state index contributed by atoms with van der Waals surface area (Å²) in [6.45, 7) is 3.68. The number of hydrogen-bond donors (Lipinski definition) is 1. The number of rotatable bonds is 4. The van der Waals surface area contributed by atoms with Crippen LogP contribution in [0.5, 0.6) is 0 Å². The zero-order valence-corrected chi connectivity index (χ0v) is 7.86.